The summed E-state index contributed by atoms with van der Waals surface area (Å²) in [6.07, 6.45) is 3.62. The van der Waals surface area contributed by atoms with E-state index in [0.29, 0.717) is 6.04 Å². The standard InChI is InChI=1S/C16H20N2OS/c1-11-16(20-10-18-11)9-17-15-5-3-4-12-6-7-13(19-2)8-14(12)15/h6-8,10,15,17H,3-5,9H2,1-2H3. The van der Waals surface area contributed by atoms with Crippen molar-refractivity contribution in [1.29, 1.82) is 0 Å². The first-order valence-corrected chi connectivity index (χ1v) is 7.95. The van der Waals surface area contributed by atoms with Gasteiger partial charge in [0.05, 0.1) is 18.3 Å². The van der Waals surface area contributed by atoms with Gasteiger partial charge < -0.3 is 10.1 Å². The summed E-state index contributed by atoms with van der Waals surface area (Å²) in [5.41, 5.74) is 5.92. The molecule has 0 amide bonds. The molecular formula is C16H20N2OS. The fraction of sp³-hybridized carbons (Fsp3) is 0.438. The summed E-state index contributed by atoms with van der Waals surface area (Å²) in [4.78, 5) is 5.64. The van der Waals surface area contributed by atoms with Crippen LogP contribution in [0.15, 0.2) is 23.7 Å². The van der Waals surface area contributed by atoms with Crippen molar-refractivity contribution in [3.63, 3.8) is 0 Å². The number of nitrogens with zero attached hydrogens (tertiary/aromatic N) is 1. The Bertz CT molecular complexity index is 594. The van der Waals surface area contributed by atoms with E-state index in [1.807, 2.05) is 5.51 Å². The number of hydrogen-bond donors (Lipinski definition) is 1. The lowest BCUT2D eigenvalue weighted by Gasteiger charge is -2.27. The van der Waals surface area contributed by atoms with E-state index in [0.717, 1.165) is 18.0 Å². The largest absolute Gasteiger partial charge is 0.497 e. The molecule has 1 aromatic heterocycles. The molecular weight excluding hydrogens is 268 g/mol. The van der Waals surface area contributed by atoms with Crippen LogP contribution in [0.5, 0.6) is 5.75 Å². The molecule has 0 fully saturated rings. The first-order chi connectivity index (χ1) is 9.78. The molecule has 1 heterocycles. The number of rotatable bonds is 4. The highest BCUT2D eigenvalue weighted by molar-refractivity contribution is 7.09. The van der Waals surface area contributed by atoms with Gasteiger partial charge in [0.2, 0.25) is 0 Å². The molecule has 106 valence electrons. The highest BCUT2D eigenvalue weighted by Gasteiger charge is 2.20. The maximum atomic E-state index is 5.36. The van der Waals surface area contributed by atoms with Gasteiger partial charge in [-0.1, -0.05) is 6.07 Å². The molecule has 0 saturated heterocycles. The van der Waals surface area contributed by atoms with Crippen LogP contribution < -0.4 is 10.1 Å². The summed E-state index contributed by atoms with van der Waals surface area (Å²) in [5.74, 6) is 0.950. The average molecular weight is 288 g/mol. The van der Waals surface area contributed by atoms with Crippen LogP contribution in [0.4, 0.5) is 0 Å². The van der Waals surface area contributed by atoms with Gasteiger partial charge >= 0.3 is 0 Å². The minimum atomic E-state index is 0.426. The molecule has 1 unspecified atom stereocenters. The molecule has 0 saturated carbocycles. The van der Waals surface area contributed by atoms with Crippen molar-refractivity contribution in [2.45, 2.75) is 38.8 Å². The third-order valence-electron chi connectivity index (χ3n) is 4.02. The minimum absolute atomic E-state index is 0.426. The van der Waals surface area contributed by atoms with Crippen molar-refractivity contribution in [2.24, 2.45) is 0 Å². The quantitative estimate of drug-likeness (QED) is 0.933. The van der Waals surface area contributed by atoms with Crippen LogP contribution in [-0.2, 0) is 13.0 Å². The van der Waals surface area contributed by atoms with Crippen LogP contribution in [0.1, 0.15) is 40.6 Å². The lowest BCUT2D eigenvalue weighted by Crippen LogP contribution is -2.24. The van der Waals surface area contributed by atoms with Gasteiger partial charge in [0.15, 0.2) is 0 Å². The molecule has 0 aliphatic heterocycles. The van der Waals surface area contributed by atoms with Crippen molar-refractivity contribution in [2.75, 3.05) is 7.11 Å². The Kier molecular flexibility index (Phi) is 4.03. The fourth-order valence-corrected chi connectivity index (χ4v) is 3.56. The predicted octanol–water partition coefficient (Wildman–Crippen LogP) is 3.63. The van der Waals surface area contributed by atoms with Gasteiger partial charge in [-0.15, -0.1) is 11.3 Å². The molecule has 1 aliphatic rings. The molecule has 0 spiro atoms. The minimum Gasteiger partial charge on any atom is -0.497 e. The number of fused-ring (bicyclic) bond motifs is 1. The molecule has 3 nitrogen and oxygen atoms in total. The summed E-state index contributed by atoms with van der Waals surface area (Å²) < 4.78 is 5.36. The monoisotopic (exact) mass is 288 g/mol. The lowest BCUT2D eigenvalue weighted by molar-refractivity contribution is 0.408. The van der Waals surface area contributed by atoms with E-state index >= 15 is 0 Å². The van der Waals surface area contributed by atoms with Crippen LogP contribution in [-0.4, -0.2) is 12.1 Å². The van der Waals surface area contributed by atoms with E-state index in [4.69, 9.17) is 4.74 Å². The summed E-state index contributed by atoms with van der Waals surface area (Å²) in [6.45, 7) is 2.98. The molecule has 1 aliphatic carbocycles. The molecule has 3 rings (SSSR count). The normalized spacial score (nSPS) is 17.8. The predicted molar refractivity (Wildman–Crippen MR) is 82.4 cm³/mol. The van der Waals surface area contributed by atoms with Crippen LogP contribution >= 0.6 is 11.3 Å². The number of hydrogen-bond acceptors (Lipinski definition) is 4. The van der Waals surface area contributed by atoms with E-state index in [2.05, 4.69) is 35.4 Å². The highest BCUT2D eigenvalue weighted by atomic mass is 32.1. The molecule has 0 bridgehead atoms. The van der Waals surface area contributed by atoms with Crippen molar-refractivity contribution in [1.82, 2.24) is 10.3 Å². The fourth-order valence-electron chi connectivity index (χ4n) is 2.83. The van der Waals surface area contributed by atoms with Crippen molar-refractivity contribution in [3.8, 4) is 5.75 Å². The number of nitrogens with one attached hydrogen (secondary N) is 1. The van der Waals surface area contributed by atoms with Crippen molar-refractivity contribution >= 4 is 11.3 Å². The van der Waals surface area contributed by atoms with E-state index in [-0.39, 0.29) is 0 Å². The van der Waals surface area contributed by atoms with Crippen LogP contribution in [0, 0.1) is 6.92 Å². The zero-order valence-electron chi connectivity index (χ0n) is 12.0. The van der Waals surface area contributed by atoms with Gasteiger partial charge in [0.1, 0.15) is 5.75 Å². The van der Waals surface area contributed by atoms with Gasteiger partial charge in [-0.3, -0.25) is 0 Å². The second-order valence-corrected chi connectivity index (χ2v) is 6.19. The Morgan fingerprint density at radius 2 is 2.35 bits per heavy atom. The van der Waals surface area contributed by atoms with Gasteiger partial charge in [0.25, 0.3) is 0 Å². The Balaban J connectivity index is 1.77. The third-order valence-corrected chi connectivity index (χ3v) is 4.96. The summed E-state index contributed by atoms with van der Waals surface area (Å²) >= 11 is 1.73. The number of aromatic nitrogens is 1. The zero-order valence-corrected chi connectivity index (χ0v) is 12.8. The number of thiazole rings is 1. The summed E-state index contributed by atoms with van der Waals surface area (Å²) in [5, 5.41) is 3.69. The highest BCUT2D eigenvalue weighted by Crippen LogP contribution is 2.32. The van der Waals surface area contributed by atoms with Gasteiger partial charge in [-0.05, 0) is 49.4 Å². The molecule has 4 heteroatoms. The van der Waals surface area contributed by atoms with Gasteiger partial charge in [-0.25, -0.2) is 4.98 Å². The van der Waals surface area contributed by atoms with E-state index < -0.39 is 0 Å². The topological polar surface area (TPSA) is 34.1 Å². The molecule has 2 aromatic rings. The van der Waals surface area contributed by atoms with Crippen LogP contribution in [0.25, 0.3) is 0 Å². The van der Waals surface area contributed by atoms with Gasteiger partial charge in [-0.2, -0.15) is 0 Å². The number of ether oxygens (including phenoxy) is 1. The smallest absolute Gasteiger partial charge is 0.119 e. The second kappa shape index (κ2) is 5.94. The molecule has 1 atom stereocenters. The molecule has 1 aromatic carbocycles. The summed E-state index contributed by atoms with van der Waals surface area (Å²) in [6, 6.07) is 6.88. The summed E-state index contributed by atoms with van der Waals surface area (Å²) in [7, 11) is 1.73. The van der Waals surface area contributed by atoms with Crippen LogP contribution in [0.2, 0.25) is 0 Å². The number of benzene rings is 1. The van der Waals surface area contributed by atoms with Gasteiger partial charge in [0, 0.05) is 17.5 Å². The molecule has 0 radical (unpaired) electrons. The van der Waals surface area contributed by atoms with E-state index in [1.165, 1.54) is 35.3 Å². The van der Waals surface area contributed by atoms with Crippen molar-refractivity contribution in [3.05, 3.63) is 45.4 Å². The average Bonchev–Trinajstić information content (AvgIpc) is 2.89. The van der Waals surface area contributed by atoms with E-state index in [1.54, 1.807) is 18.4 Å². The maximum absolute atomic E-state index is 5.36. The van der Waals surface area contributed by atoms with Crippen LogP contribution in [0.3, 0.4) is 0 Å². The SMILES string of the molecule is COc1ccc2c(c1)C(NCc1scnc1C)CCC2. The van der Waals surface area contributed by atoms with Crippen molar-refractivity contribution < 1.29 is 4.74 Å². The Morgan fingerprint density at radius 3 is 3.10 bits per heavy atom. The Hall–Kier alpha value is -1.39. The second-order valence-electron chi connectivity index (χ2n) is 5.25. The number of aryl methyl sites for hydroxylation is 2. The Morgan fingerprint density at radius 1 is 1.45 bits per heavy atom. The van der Waals surface area contributed by atoms with E-state index in [9.17, 15) is 0 Å². The first kappa shape index (κ1) is 13.6. The Labute approximate surface area is 124 Å². The lowest BCUT2D eigenvalue weighted by atomic mass is 9.87. The zero-order chi connectivity index (χ0) is 13.9. The maximum Gasteiger partial charge on any atom is 0.119 e. The third kappa shape index (κ3) is 2.72. The first-order valence-electron chi connectivity index (χ1n) is 7.07. The number of methoxy groups -OCH3 is 1. The molecule has 20 heavy (non-hydrogen) atoms. The molecule has 1 N–H and O–H groups in total.